The molecular formula is C13H20N2. The zero-order valence-electron chi connectivity index (χ0n) is 9.53. The summed E-state index contributed by atoms with van der Waals surface area (Å²) in [7, 11) is 0. The van der Waals surface area contributed by atoms with Crippen molar-refractivity contribution in [1.82, 2.24) is 0 Å². The maximum absolute atomic E-state index is 5.94. The van der Waals surface area contributed by atoms with Gasteiger partial charge in [-0.25, -0.2) is 0 Å². The Bertz CT molecular complexity index is 332. The summed E-state index contributed by atoms with van der Waals surface area (Å²) >= 11 is 0. The average molecular weight is 204 g/mol. The van der Waals surface area contributed by atoms with E-state index in [1.165, 1.54) is 11.1 Å². The lowest BCUT2D eigenvalue weighted by Crippen LogP contribution is -2.12. The minimum Gasteiger partial charge on any atom is -0.405 e. The van der Waals surface area contributed by atoms with E-state index in [0.29, 0.717) is 5.92 Å². The molecule has 15 heavy (non-hydrogen) atoms. The molecule has 0 heterocycles. The van der Waals surface area contributed by atoms with Crippen molar-refractivity contribution in [2.24, 2.45) is 17.4 Å². The molecule has 0 saturated heterocycles. The van der Waals surface area contributed by atoms with E-state index in [1.807, 2.05) is 12.2 Å². The van der Waals surface area contributed by atoms with Crippen LogP contribution in [-0.2, 0) is 0 Å². The van der Waals surface area contributed by atoms with Gasteiger partial charge in [-0.15, -0.1) is 0 Å². The summed E-state index contributed by atoms with van der Waals surface area (Å²) in [6.07, 6.45) is 11.8. The molecule has 1 rings (SSSR count). The molecule has 0 radical (unpaired) electrons. The summed E-state index contributed by atoms with van der Waals surface area (Å²) in [5.41, 5.74) is 14.8. The number of allylic oxidation sites excluding steroid dienone is 7. The second-order valence-electron chi connectivity index (χ2n) is 3.87. The van der Waals surface area contributed by atoms with Crippen molar-refractivity contribution >= 4 is 0 Å². The van der Waals surface area contributed by atoms with Crippen molar-refractivity contribution in [3.05, 3.63) is 47.3 Å². The Morgan fingerprint density at radius 1 is 1.60 bits per heavy atom. The molecule has 0 aromatic heterocycles. The Morgan fingerprint density at radius 3 is 2.87 bits per heavy atom. The van der Waals surface area contributed by atoms with E-state index in [0.717, 1.165) is 18.5 Å². The molecule has 0 bridgehead atoms. The Labute approximate surface area is 92.0 Å². The highest BCUT2D eigenvalue weighted by molar-refractivity contribution is 5.44. The van der Waals surface area contributed by atoms with Crippen molar-refractivity contribution in [3.8, 4) is 0 Å². The van der Waals surface area contributed by atoms with Gasteiger partial charge in [0, 0.05) is 5.70 Å². The first-order valence-electron chi connectivity index (χ1n) is 5.44. The lowest BCUT2D eigenvalue weighted by Gasteiger charge is -2.18. The first-order chi connectivity index (χ1) is 7.19. The Balaban J connectivity index is 2.88. The third kappa shape index (κ3) is 3.01. The fraction of sp³-hybridized carbons (Fsp3) is 0.385. The van der Waals surface area contributed by atoms with E-state index in [2.05, 4.69) is 26.0 Å². The first-order valence-corrected chi connectivity index (χ1v) is 5.44. The minimum atomic E-state index is 0.469. The van der Waals surface area contributed by atoms with Gasteiger partial charge >= 0.3 is 0 Å². The summed E-state index contributed by atoms with van der Waals surface area (Å²) in [5.74, 6) is 0.469. The van der Waals surface area contributed by atoms with E-state index < -0.39 is 0 Å². The van der Waals surface area contributed by atoms with Crippen molar-refractivity contribution in [2.45, 2.75) is 26.7 Å². The van der Waals surface area contributed by atoms with E-state index in [-0.39, 0.29) is 0 Å². The van der Waals surface area contributed by atoms with Gasteiger partial charge in [0.15, 0.2) is 0 Å². The van der Waals surface area contributed by atoms with E-state index >= 15 is 0 Å². The van der Waals surface area contributed by atoms with Crippen LogP contribution in [0.3, 0.4) is 0 Å². The highest BCUT2D eigenvalue weighted by Crippen LogP contribution is 2.25. The fourth-order valence-corrected chi connectivity index (χ4v) is 1.63. The highest BCUT2D eigenvalue weighted by Gasteiger charge is 2.11. The molecule has 0 saturated carbocycles. The molecule has 0 spiro atoms. The molecule has 1 atom stereocenters. The van der Waals surface area contributed by atoms with Crippen LogP contribution in [0.1, 0.15) is 26.7 Å². The van der Waals surface area contributed by atoms with Crippen LogP contribution < -0.4 is 11.5 Å². The molecule has 1 unspecified atom stereocenters. The minimum absolute atomic E-state index is 0.469. The van der Waals surface area contributed by atoms with Crippen LogP contribution in [0, 0.1) is 5.92 Å². The summed E-state index contributed by atoms with van der Waals surface area (Å²) in [5, 5.41) is 0. The molecule has 0 aromatic rings. The van der Waals surface area contributed by atoms with Gasteiger partial charge in [-0.1, -0.05) is 26.0 Å². The second-order valence-corrected chi connectivity index (χ2v) is 3.87. The highest BCUT2D eigenvalue weighted by atomic mass is 14.6. The SMILES string of the molecule is CC/C(=C\C=C/N)C1=CCC(C)C(N)=C1. The molecule has 0 aromatic carbocycles. The number of hydrogen-bond donors (Lipinski definition) is 2. The number of nitrogens with two attached hydrogens (primary N) is 2. The zero-order chi connectivity index (χ0) is 11.3. The van der Waals surface area contributed by atoms with Gasteiger partial charge in [0.25, 0.3) is 0 Å². The quantitative estimate of drug-likeness (QED) is 0.694. The maximum atomic E-state index is 5.94. The largest absolute Gasteiger partial charge is 0.405 e. The second kappa shape index (κ2) is 5.44. The predicted molar refractivity (Wildman–Crippen MR) is 65.8 cm³/mol. The summed E-state index contributed by atoms with van der Waals surface area (Å²) in [4.78, 5) is 0. The topological polar surface area (TPSA) is 52.0 Å². The summed E-state index contributed by atoms with van der Waals surface area (Å²) in [6.45, 7) is 4.29. The van der Waals surface area contributed by atoms with Crippen LogP contribution in [0.4, 0.5) is 0 Å². The van der Waals surface area contributed by atoms with Crippen LogP contribution in [0.5, 0.6) is 0 Å². The van der Waals surface area contributed by atoms with Crippen molar-refractivity contribution in [2.75, 3.05) is 0 Å². The van der Waals surface area contributed by atoms with Crippen molar-refractivity contribution in [3.63, 3.8) is 0 Å². The zero-order valence-corrected chi connectivity index (χ0v) is 9.53. The van der Waals surface area contributed by atoms with E-state index in [1.54, 1.807) is 6.20 Å². The van der Waals surface area contributed by atoms with Crippen LogP contribution in [0.2, 0.25) is 0 Å². The van der Waals surface area contributed by atoms with Crippen LogP contribution >= 0.6 is 0 Å². The Morgan fingerprint density at radius 2 is 2.33 bits per heavy atom. The molecule has 0 fully saturated rings. The Kier molecular flexibility index (Phi) is 4.22. The first kappa shape index (κ1) is 11.6. The van der Waals surface area contributed by atoms with Gasteiger partial charge < -0.3 is 11.5 Å². The van der Waals surface area contributed by atoms with Crippen LogP contribution in [0.25, 0.3) is 0 Å². The molecule has 4 N–H and O–H groups in total. The molecule has 1 aliphatic carbocycles. The maximum Gasteiger partial charge on any atom is 0.0118 e. The number of rotatable bonds is 3. The van der Waals surface area contributed by atoms with Gasteiger partial charge in [-0.05, 0) is 48.3 Å². The normalized spacial score (nSPS) is 22.8. The Hall–Kier alpha value is -1.44. The van der Waals surface area contributed by atoms with Gasteiger partial charge in [0.05, 0.1) is 0 Å². The summed E-state index contributed by atoms with van der Waals surface area (Å²) < 4.78 is 0. The lowest BCUT2D eigenvalue weighted by atomic mass is 9.90. The van der Waals surface area contributed by atoms with Crippen molar-refractivity contribution < 1.29 is 0 Å². The molecule has 1 aliphatic rings. The molecular weight excluding hydrogens is 184 g/mol. The third-order valence-electron chi connectivity index (χ3n) is 2.74. The standard InChI is InChI=1S/C13H20N2/c1-3-11(5-4-8-14)12-7-6-10(2)13(15)9-12/h4-5,7-10H,3,6,14-15H2,1-2H3/b8-4-,11-5+. The molecule has 2 nitrogen and oxygen atoms in total. The van der Waals surface area contributed by atoms with E-state index in [4.69, 9.17) is 11.5 Å². The average Bonchev–Trinajstić information content (AvgIpc) is 2.24. The molecule has 0 aliphatic heterocycles. The number of hydrogen-bond acceptors (Lipinski definition) is 2. The smallest absolute Gasteiger partial charge is 0.0118 e. The van der Waals surface area contributed by atoms with E-state index in [9.17, 15) is 0 Å². The van der Waals surface area contributed by atoms with Gasteiger partial charge in [-0.2, -0.15) is 0 Å². The predicted octanol–water partition coefficient (Wildman–Crippen LogP) is 2.60. The molecule has 82 valence electrons. The lowest BCUT2D eigenvalue weighted by molar-refractivity contribution is 0.672. The van der Waals surface area contributed by atoms with Crippen LogP contribution in [0.15, 0.2) is 47.3 Å². The van der Waals surface area contributed by atoms with Gasteiger partial charge in [0.1, 0.15) is 0 Å². The van der Waals surface area contributed by atoms with Crippen LogP contribution in [-0.4, -0.2) is 0 Å². The fourth-order valence-electron chi connectivity index (χ4n) is 1.63. The molecule has 2 heteroatoms. The van der Waals surface area contributed by atoms with Gasteiger partial charge in [-0.3, -0.25) is 0 Å². The summed E-state index contributed by atoms with van der Waals surface area (Å²) in [6, 6.07) is 0. The third-order valence-corrected chi connectivity index (χ3v) is 2.74. The van der Waals surface area contributed by atoms with Gasteiger partial charge in [0.2, 0.25) is 0 Å². The monoisotopic (exact) mass is 204 g/mol. The van der Waals surface area contributed by atoms with Crippen molar-refractivity contribution in [1.29, 1.82) is 0 Å². The molecule has 0 amide bonds.